The highest BCUT2D eigenvalue weighted by molar-refractivity contribution is 9.10. The number of benzene rings is 2. The van der Waals surface area contributed by atoms with Gasteiger partial charge in [0.25, 0.3) is 0 Å². The van der Waals surface area contributed by atoms with E-state index in [-0.39, 0.29) is 0 Å². The van der Waals surface area contributed by atoms with Gasteiger partial charge in [0.15, 0.2) is 0 Å². The van der Waals surface area contributed by atoms with Crippen LogP contribution in [-0.4, -0.2) is 6.54 Å². The van der Waals surface area contributed by atoms with Gasteiger partial charge in [0.05, 0.1) is 5.69 Å². The van der Waals surface area contributed by atoms with E-state index in [2.05, 4.69) is 58.1 Å². The Bertz CT molecular complexity index is 526. The van der Waals surface area contributed by atoms with Crippen molar-refractivity contribution in [1.82, 2.24) is 0 Å². The van der Waals surface area contributed by atoms with Crippen molar-refractivity contribution in [2.75, 3.05) is 17.2 Å². The summed E-state index contributed by atoms with van der Waals surface area (Å²) < 4.78 is 1.05. The van der Waals surface area contributed by atoms with Crippen LogP contribution in [0.1, 0.15) is 18.9 Å². The van der Waals surface area contributed by atoms with Crippen molar-refractivity contribution in [2.45, 2.75) is 19.9 Å². The van der Waals surface area contributed by atoms with Crippen LogP contribution in [0.25, 0.3) is 0 Å². The Morgan fingerprint density at radius 3 is 2.47 bits per heavy atom. The lowest BCUT2D eigenvalue weighted by Crippen LogP contribution is -2.23. The molecule has 2 nitrogen and oxygen atoms in total. The van der Waals surface area contributed by atoms with Crippen LogP contribution in [0.5, 0.6) is 0 Å². The number of hydrogen-bond acceptors (Lipinski definition) is 2. The molecule has 0 atom stereocenters. The molecule has 0 unspecified atom stereocenters. The van der Waals surface area contributed by atoms with Gasteiger partial charge in [-0.05, 0) is 46.1 Å². The lowest BCUT2D eigenvalue weighted by molar-refractivity contribution is 0.766. The van der Waals surface area contributed by atoms with Crippen molar-refractivity contribution < 1.29 is 0 Å². The predicted molar refractivity (Wildman–Crippen MR) is 86.3 cm³/mol. The number of nitrogens with two attached hydrogens (primary N) is 1. The second kappa shape index (κ2) is 6.62. The van der Waals surface area contributed by atoms with Crippen LogP contribution in [0.15, 0.2) is 53.0 Å². The average Bonchev–Trinajstić information content (AvgIpc) is 2.39. The molecule has 0 saturated carbocycles. The molecule has 0 amide bonds. The summed E-state index contributed by atoms with van der Waals surface area (Å²) in [5.41, 5.74) is 9.10. The van der Waals surface area contributed by atoms with Crippen LogP contribution in [0.2, 0.25) is 0 Å². The molecule has 0 aromatic heterocycles. The molecule has 19 heavy (non-hydrogen) atoms. The zero-order chi connectivity index (χ0) is 13.7. The van der Waals surface area contributed by atoms with E-state index in [4.69, 9.17) is 5.73 Å². The molecule has 2 N–H and O–H groups in total. The monoisotopic (exact) mass is 318 g/mol. The lowest BCUT2D eigenvalue weighted by atomic mass is 10.2. The van der Waals surface area contributed by atoms with E-state index >= 15 is 0 Å². The summed E-state index contributed by atoms with van der Waals surface area (Å²) in [6, 6.07) is 16.5. The minimum atomic E-state index is 0.784. The molecule has 0 bridgehead atoms. The number of anilines is 2. The first-order valence-electron chi connectivity index (χ1n) is 6.54. The molecule has 100 valence electrons. The smallest absolute Gasteiger partial charge is 0.0515 e. The van der Waals surface area contributed by atoms with Gasteiger partial charge >= 0.3 is 0 Å². The van der Waals surface area contributed by atoms with Crippen molar-refractivity contribution in [1.29, 1.82) is 0 Å². The quantitative estimate of drug-likeness (QED) is 0.825. The molecule has 0 aliphatic carbocycles. The molecular weight excluding hydrogens is 300 g/mol. The summed E-state index contributed by atoms with van der Waals surface area (Å²) in [5, 5.41) is 0. The van der Waals surface area contributed by atoms with Crippen LogP contribution >= 0.6 is 15.9 Å². The Morgan fingerprint density at radius 2 is 1.84 bits per heavy atom. The van der Waals surface area contributed by atoms with Crippen molar-refractivity contribution in [2.24, 2.45) is 0 Å². The highest BCUT2D eigenvalue weighted by atomic mass is 79.9. The number of nitrogens with zero attached hydrogens (tertiary/aromatic N) is 1. The van der Waals surface area contributed by atoms with Crippen molar-refractivity contribution in [3.8, 4) is 0 Å². The summed E-state index contributed by atoms with van der Waals surface area (Å²) in [5.74, 6) is 0. The van der Waals surface area contributed by atoms with Gasteiger partial charge in [0.1, 0.15) is 0 Å². The zero-order valence-corrected chi connectivity index (χ0v) is 12.7. The van der Waals surface area contributed by atoms with E-state index in [9.17, 15) is 0 Å². The highest BCUT2D eigenvalue weighted by Crippen LogP contribution is 2.29. The van der Waals surface area contributed by atoms with E-state index in [1.54, 1.807) is 0 Å². The third-order valence-electron chi connectivity index (χ3n) is 3.02. The average molecular weight is 319 g/mol. The third kappa shape index (κ3) is 3.74. The molecule has 0 radical (unpaired) electrons. The summed E-state index contributed by atoms with van der Waals surface area (Å²) in [4.78, 5) is 2.37. The molecule has 2 aromatic rings. The normalized spacial score (nSPS) is 10.4. The summed E-state index contributed by atoms with van der Waals surface area (Å²) >= 11 is 3.61. The Kier molecular flexibility index (Phi) is 4.86. The Labute approximate surface area is 123 Å². The molecule has 2 rings (SSSR count). The van der Waals surface area contributed by atoms with Crippen LogP contribution in [0.4, 0.5) is 11.4 Å². The number of rotatable bonds is 5. The van der Waals surface area contributed by atoms with E-state index in [1.165, 1.54) is 11.3 Å². The second-order valence-corrected chi connectivity index (χ2v) is 5.47. The molecule has 0 heterocycles. The van der Waals surface area contributed by atoms with Crippen LogP contribution < -0.4 is 10.6 Å². The maximum atomic E-state index is 5.81. The molecule has 3 heteroatoms. The maximum absolute atomic E-state index is 5.81. The molecule has 2 aromatic carbocycles. The van der Waals surface area contributed by atoms with Crippen molar-refractivity contribution >= 4 is 27.3 Å². The van der Waals surface area contributed by atoms with Gasteiger partial charge in [-0.2, -0.15) is 0 Å². The zero-order valence-electron chi connectivity index (χ0n) is 11.1. The SMILES string of the molecule is CCCN(Cc1ccccc1)c1ccc(N)cc1Br. The predicted octanol–water partition coefficient (Wildman–Crippen LogP) is 4.45. The van der Waals surface area contributed by atoms with Gasteiger partial charge in [-0.3, -0.25) is 0 Å². The summed E-state index contributed by atoms with van der Waals surface area (Å²) in [7, 11) is 0. The third-order valence-corrected chi connectivity index (χ3v) is 3.66. The summed E-state index contributed by atoms with van der Waals surface area (Å²) in [6.07, 6.45) is 1.11. The first kappa shape index (κ1) is 13.9. The van der Waals surface area contributed by atoms with Gasteiger partial charge in [0, 0.05) is 23.2 Å². The second-order valence-electron chi connectivity index (χ2n) is 4.62. The molecule has 0 saturated heterocycles. The Morgan fingerprint density at radius 1 is 1.11 bits per heavy atom. The fraction of sp³-hybridized carbons (Fsp3) is 0.250. The fourth-order valence-electron chi connectivity index (χ4n) is 2.14. The van der Waals surface area contributed by atoms with E-state index in [1.807, 2.05) is 18.2 Å². The number of hydrogen-bond donors (Lipinski definition) is 1. The standard InChI is InChI=1S/C16H19BrN2/c1-2-10-19(12-13-6-4-3-5-7-13)16-9-8-14(18)11-15(16)17/h3-9,11H,2,10,12,18H2,1H3. The van der Waals surface area contributed by atoms with E-state index in [0.717, 1.165) is 29.7 Å². The van der Waals surface area contributed by atoms with Crippen LogP contribution in [-0.2, 0) is 6.54 Å². The van der Waals surface area contributed by atoms with Crippen LogP contribution in [0.3, 0.4) is 0 Å². The first-order valence-corrected chi connectivity index (χ1v) is 7.34. The largest absolute Gasteiger partial charge is 0.399 e. The minimum Gasteiger partial charge on any atom is -0.399 e. The summed E-state index contributed by atoms with van der Waals surface area (Å²) in [6.45, 7) is 4.14. The molecule has 0 fully saturated rings. The lowest BCUT2D eigenvalue weighted by Gasteiger charge is -2.26. The van der Waals surface area contributed by atoms with Crippen LogP contribution in [0, 0.1) is 0 Å². The Hall–Kier alpha value is -1.48. The number of halogens is 1. The Balaban J connectivity index is 2.24. The molecule has 0 aliphatic rings. The fourth-order valence-corrected chi connectivity index (χ4v) is 2.79. The molecule has 0 aliphatic heterocycles. The van der Waals surface area contributed by atoms with Gasteiger partial charge in [-0.15, -0.1) is 0 Å². The molecule has 0 spiro atoms. The molecular formula is C16H19BrN2. The van der Waals surface area contributed by atoms with E-state index in [0.29, 0.717) is 0 Å². The van der Waals surface area contributed by atoms with Gasteiger partial charge in [0.2, 0.25) is 0 Å². The topological polar surface area (TPSA) is 29.3 Å². The van der Waals surface area contributed by atoms with E-state index < -0.39 is 0 Å². The van der Waals surface area contributed by atoms with Gasteiger partial charge < -0.3 is 10.6 Å². The highest BCUT2D eigenvalue weighted by Gasteiger charge is 2.10. The van der Waals surface area contributed by atoms with Gasteiger partial charge in [-0.1, -0.05) is 37.3 Å². The first-order chi connectivity index (χ1) is 9.20. The van der Waals surface area contributed by atoms with Crippen molar-refractivity contribution in [3.63, 3.8) is 0 Å². The minimum absolute atomic E-state index is 0.784. The van der Waals surface area contributed by atoms with Crippen molar-refractivity contribution in [3.05, 3.63) is 58.6 Å². The van der Waals surface area contributed by atoms with Gasteiger partial charge in [-0.25, -0.2) is 0 Å². The maximum Gasteiger partial charge on any atom is 0.0515 e. The number of nitrogen functional groups attached to an aromatic ring is 1.